The molecule has 2 heterocycles. The molecule has 10 atom stereocenters. The number of carbonyl (C=O) groups is 7. The Morgan fingerprint density at radius 3 is 2.42 bits per heavy atom. The van der Waals surface area contributed by atoms with Gasteiger partial charge in [0, 0.05) is 60.5 Å². The molecule has 346 valence electrons. The summed E-state index contributed by atoms with van der Waals surface area (Å²) in [5.74, 6) is -3.16. The van der Waals surface area contributed by atoms with Gasteiger partial charge in [-0.3, -0.25) is 38.5 Å². The second kappa shape index (κ2) is 19.3. The van der Waals surface area contributed by atoms with E-state index < -0.39 is 71.5 Å². The van der Waals surface area contributed by atoms with Crippen LogP contribution in [0.4, 0.5) is 5.69 Å². The van der Waals surface area contributed by atoms with Gasteiger partial charge in [0.1, 0.15) is 24.4 Å². The predicted octanol–water partition coefficient (Wildman–Crippen LogP) is 3.49. The Balaban J connectivity index is 0.931. The second-order valence-corrected chi connectivity index (χ2v) is 18.7. The van der Waals surface area contributed by atoms with E-state index in [1.165, 1.54) is 13.8 Å². The molecular weight excluding hydrogens is 837 g/mol. The minimum Gasteiger partial charge on any atom is -0.508 e. The summed E-state index contributed by atoms with van der Waals surface area (Å²) in [6, 6.07) is 10.3. The first-order valence-corrected chi connectivity index (χ1v) is 22.2. The number of ether oxygens (including phenoxy) is 2. The molecule has 2 saturated carbocycles. The molecule has 65 heavy (non-hydrogen) atoms. The van der Waals surface area contributed by atoms with Crippen LogP contribution in [0.1, 0.15) is 89.2 Å². The van der Waals surface area contributed by atoms with Crippen LogP contribution in [-0.2, 0) is 49.5 Å². The van der Waals surface area contributed by atoms with Crippen LogP contribution < -0.4 is 16.0 Å². The number of nitrogens with zero attached hydrogens (tertiary/aromatic N) is 1. The number of phenolic OH excluding ortho intramolecular Hbond substituents is 1. The number of aliphatic hydroxyl groups is 2. The molecule has 0 bridgehead atoms. The molecule has 0 spiro atoms. The standard InChI is InChI=1S/C49H58N4O12/c1-27(50-41(59)15-17-53-42(60)12-13-43(53)61)45(62)51-28(2)46(63)52-33-7-5-6-29(19-33)18-30-8-9-31(20-39(30)57)47-64-26-36(65-47)22-38-37-11-10-32-21-34(55)14-16-49(32,4)44(37)40(58)24-48(38,3)23-35(56)25-54/h5-9,12-14,16,19-21,27-28,36-38,40,44,47,54,57-58H,10-11,15,17-18,22-26H2,1-4H3,(H,50,59)(H,51,62)(H,52,63)/t27-,28-,36+,37?,38-,40?,44+,47?,48?,49?/m0/s1. The third-order valence-electron chi connectivity index (χ3n) is 14.0. The van der Waals surface area contributed by atoms with Crippen LogP contribution in [0.25, 0.3) is 0 Å². The first-order valence-electron chi connectivity index (χ1n) is 22.2. The number of anilines is 1. The number of carbonyl (C=O) groups excluding carboxylic acids is 7. The summed E-state index contributed by atoms with van der Waals surface area (Å²) in [5.41, 5.74) is 2.41. The number of fused-ring (bicyclic) bond motifs is 3. The molecule has 2 aromatic carbocycles. The summed E-state index contributed by atoms with van der Waals surface area (Å²) in [6.45, 7) is 6.65. The summed E-state index contributed by atoms with van der Waals surface area (Å²) in [5, 5.41) is 40.5. The summed E-state index contributed by atoms with van der Waals surface area (Å²) in [6.07, 6.45) is 8.31. The zero-order chi connectivity index (χ0) is 46.8. The minimum atomic E-state index is -0.995. The van der Waals surface area contributed by atoms with E-state index in [0.717, 1.165) is 34.6 Å². The van der Waals surface area contributed by atoms with Crippen molar-refractivity contribution in [3.8, 4) is 5.75 Å². The second-order valence-electron chi connectivity index (χ2n) is 18.7. The number of nitrogens with one attached hydrogen (secondary N) is 3. The fourth-order valence-corrected chi connectivity index (χ4v) is 10.7. The molecule has 16 nitrogen and oxygen atoms in total. The van der Waals surface area contributed by atoms with Gasteiger partial charge in [-0.1, -0.05) is 49.8 Å². The monoisotopic (exact) mass is 894 g/mol. The SMILES string of the molecule is C[C@H](NC(=O)CCN1C(=O)C=CC1=O)C(=O)N[C@@H](C)C(=O)Nc1cccc(Cc2ccc(C3OC[C@@H](C[C@H]4C5CCC6=CC(=O)C=CC6(C)[C@H]5C(O)CC4(C)CC(=O)CO)O3)cc2O)c1. The van der Waals surface area contributed by atoms with Crippen LogP contribution in [0.3, 0.4) is 0 Å². The number of imide groups is 1. The van der Waals surface area contributed by atoms with Crippen LogP contribution in [0.15, 0.2) is 78.4 Å². The van der Waals surface area contributed by atoms with E-state index in [1.807, 2.05) is 25.1 Å². The highest BCUT2D eigenvalue weighted by Gasteiger charge is 2.58. The van der Waals surface area contributed by atoms with Gasteiger partial charge in [-0.25, -0.2) is 0 Å². The lowest BCUT2D eigenvalue weighted by atomic mass is 9.46. The Morgan fingerprint density at radius 1 is 0.954 bits per heavy atom. The van der Waals surface area contributed by atoms with Crippen molar-refractivity contribution >= 4 is 46.8 Å². The average Bonchev–Trinajstić information content (AvgIpc) is 3.86. The molecule has 2 aromatic rings. The largest absolute Gasteiger partial charge is 0.508 e. The van der Waals surface area contributed by atoms with Crippen LogP contribution in [0, 0.1) is 28.6 Å². The zero-order valence-electron chi connectivity index (χ0n) is 37.1. The van der Waals surface area contributed by atoms with Crippen molar-refractivity contribution in [3.63, 3.8) is 0 Å². The van der Waals surface area contributed by atoms with E-state index in [4.69, 9.17) is 9.47 Å². The maximum Gasteiger partial charge on any atom is 0.253 e. The molecule has 2 aliphatic heterocycles. The minimum absolute atomic E-state index is 0.0204. The van der Waals surface area contributed by atoms with Crippen molar-refractivity contribution in [2.45, 2.75) is 103 Å². The van der Waals surface area contributed by atoms with E-state index >= 15 is 0 Å². The number of benzene rings is 2. The molecule has 3 aliphatic carbocycles. The van der Waals surface area contributed by atoms with Gasteiger partial charge in [0.05, 0.1) is 18.8 Å². The predicted molar refractivity (Wildman–Crippen MR) is 235 cm³/mol. The summed E-state index contributed by atoms with van der Waals surface area (Å²) in [4.78, 5) is 87.6. The lowest BCUT2D eigenvalue weighted by Gasteiger charge is -2.59. The summed E-state index contributed by atoms with van der Waals surface area (Å²) < 4.78 is 12.6. The summed E-state index contributed by atoms with van der Waals surface area (Å²) in [7, 11) is 0. The Morgan fingerprint density at radius 2 is 1.69 bits per heavy atom. The number of aromatic hydroxyl groups is 1. The lowest BCUT2D eigenvalue weighted by Crippen LogP contribution is -2.57. The van der Waals surface area contributed by atoms with Gasteiger partial charge in [0.15, 0.2) is 17.9 Å². The summed E-state index contributed by atoms with van der Waals surface area (Å²) >= 11 is 0. The molecule has 7 rings (SSSR count). The number of hydrogen-bond donors (Lipinski definition) is 6. The van der Waals surface area contributed by atoms with Gasteiger partial charge in [0.2, 0.25) is 17.7 Å². The van der Waals surface area contributed by atoms with Crippen molar-refractivity contribution < 1.29 is 58.4 Å². The van der Waals surface area contributed by atoms with Gasteiger partial charge in [-0.2, -0.15) is 0 Å². The topological polar surface area (TPSA) is 238 Å². The van der Waals surface area contributed by atoms with E-state index in [1.54, 1.807) is 42.5 Å². The molecule has 1 saturated heterocycles. The molecule has 6 N–H and O–H groups in total. The van der Waals surface area contributed by atoms with Crippen LogP contribution in [0.2, 0.25) is 0 Å². The Hall–Kier alpha value is -5.81. The van der Waals surface area contributed by atoms with Crippen molar-refractivity contribution in [3.05, 3.63) is 95.1 Å². The number of aliphatic hydroxyl groups excluding tert-OH is 2. The van der Waals surface area contributed by atoms with Crippen molar-refractivity contribution in [1.82, 2.24) is 15.5 Å². The maximum atomic E-state index is 13.1. The molecule has 5 aliphatic rings. The van der Waals surface area contributed by atoms with Gasteiger partial charge < -0.3 is 40.7 Å². The smallest absolute Gasteiger partial charge is 0.253 e. The molecule has 16 heteroatoms. The normalized spacial score (nSPS) is 29.1. The average molecular weight is 895 g/mol. The number of rotatable bonds is 16. The van der Waals surface area contributed by atoms with Crippen molar-refractivity contribution in [2.75, 3.05) is 25.1 Å². The number of ketones is 2. The van der Waals surface area contributed by atoms with Gasteiger partial charge >= 0.3 is 0 Å². The molecule has 3 fully saturated rings. The number of phenols is 1. The lowest BCUT2D eigenvalue weighted by molar-refractivity contribution is -0.145. The van der Waals surface area contributed by atoms with Gasteiger partial charge in [0.25, 0.3) is 11.8 Å². The third-order valence-corrected chi connectivity index (χ3v) is 14.0. The number of hydrogen-bond acceptors (Lipinski definition) is 12. The van der Waals surface area contributed by atoms with E-state index in [-0.39, 0.29) is 67.2 Å². The number of amides is 5. The van der Waals surface area contributed by atoms with E-state index in [2.05, 4.69) is 22.9 Å². The Kier molecular flexibility index (Phi) is 14.0. The Bertz CT molecular complexity index is 2320. The number of allylic oxidation sites excluding steroid dienone is 4. The first-order chi connectivity index (χ1) is 30.9. The first kappa shape index (κ1) is 47.2. The number of Topliss-reactive ketones (excluding diaryl/α,β-unsaturated/α-hetero) is 1. The Labute approximate surface area is 377 Å². The fraction of sp³-hybridized carbons (Fsp3) is 0.490. The highest BCUT2D eigenvalue weighted by atomic mass is 16.7. The van der Waals surface area contributed by atoms with Gasteiger partial charge in [-0.15, -0.1) is 0 Å². The maximum absolute atomic E-state index is 13.1. The molecular formula is C49H58N4O12. The van der Waals surface area contributed by atoms with Crippen LogP contribution in [0.5, 0.6) is 5.75 Å². The molecule has 0 radical (unpaired) electrons. The van der Waals surface area contributed by atoms with E-state index in [0.29, 0.717) is 42.5 Å². The third kappa shape index (κ3) is 10.4. The highest BCUT2D eigenvalue weighted by molar-refractivity contribution is 6.13. The molecule has 0 aromatic heterocycles. The molecule has 5 amide bonds. The van der Waals surface area contributed by atoms with Crippen molar-refractivity contribution in [2.24, 2.45) is 28.6 Å². The van der Waals surface area contributed by atoms with Crippen LogP contribution >= 0.6 is 0 Å². The van der Waals surface area contributed by atoms with E-state index in [9.17, 15) is 48.9 Å². The van der Waals surface area contributed by atoms with Crippen LogP contribution in [-0.4, -0.2) is 105 Å². The van der Waals surface area contributed by atoms with Crippen molar-refractivity contribution in [1.29, 1.82) is 0 Å². The highest BCUT2D eigenvalue weighted by Crippen LogP contribution is 2.62. The zero-order valence-corrected chi connectivity index (χ0v) is 37.1. The molecule has 5 unspecified atom stereocenters. The fourth-order valence-electron chi connectivity index (χ4n) is 10.7. The quantitative estimate of drug-likeness (QED) is 0.133. The van der Waals surface area contributed by atoms with Gasteiger partial charge in [-0.05, 0) is 98.3 Å².